The number of carbonyl (C=O) groups is 4. The van der Waals surface area contributed by atoms with Gasteiger partial charge in [-0.1, -0.05) is 67.0 Å². The van der Waals surface area contributed by atoms with Crippen LogP contribution in [0.3, 0.4) is 0 Å². The number of methoxy groups -OCH3 is 1. The molecule has 0 spiro atoms. The van der Waals surface area contributed by atoms with E-state index in [0.29, 0.717) is 59.7 Å². The van der Waals surface area contributed by atoms with E-state index in [1.807, 2.05) is 18.2 Å². The molecule has 4 saturated carbocycles. The molecule has 4 aliphatic rings. The molecular formula is C45H63N3O5. The van der Waals surface area contributed by atoms with Gasteiger partial charge in [-0.2, -0.15) is 0 Å². The number of benzene rings is 1. The standard InChI is InChI=1S/C45H63N3O5/c1-9-20-45(40(52)46-25-19-30-11-10-12-31(26-30)38(50)48-28-33-14-13-32(27-47-33)39(51)53-8)24-23-43(6)34(29(45)2)15-16-36-42(5)21-18-37(49)41(3,4)35(42)17-22-44(36,43)7/h10-14,26-27,29,34-36H,9,15-25,28H2,1-8H3,(H,46,52)(H,48,50)/t29?,34?,35?,36?,42?,43-,44?,45?/m1/s1. The van der Waals surface area contributed by atoms with Crippen molar-refractivity contribution in [1.82, 2.24) is 15.6 Å². The predicted octanol–water partition coefficient (Wildman–Crippen LogP) is 8.52. The largest absolute Gasteiger partial charge is 0.465 e. The molecule has 7 unspecified atom stereocenters. The van der Waals surface area contributed by atoms with Crippen LogP contribution in [0.25, 0.3) is 0 Å². The average Bonchev–Trinajstić information content (AvgIpc) is 3.14. The summed E-state index contributed by atoms with van der Waals surface area (Å²) >= 11 is 0. The summed E-state index contributed by atoms with van der Waals surface area (Å²) in [5.41, 5.74) is 2.47. The number of nitrogens with zero attached hydrogens (tertiary/aromatic N) is 1. The first-order chi connectivity index (χ1) is 25.1. The monoisotopic (exact) mass is 725 g/mol. The number of fused-ring (bicyclic) bond motifs is 5. The van der Waals surface area contributed by atoms with Gasteiger partial charge in [-0.15, -0.1) is 0 Å². The van der Waals surface area contributed by atoms with Crippen molar-refractivity contribution >= 4 is 23.6 Å². The maximum Gasteiger partial charge on any atom is 0.339 e. The number of esters is 1. The summed E-state index contributed by atoms with van der Waals surface area (Å²) < 4.78 is 4.72. The fraction of sp³-hybridized carbons (Fsp3) is 0.667. The molecular weight excluding hydrogens is 663 g/mol. The number of nitrogens with one attached hydrogen (secondary N) is 2. The van der Waals surface area contributed by atoms with E-state index in [9.17, 15) is 19.2 Å². The maximum atomic E-state index is 14.4. The van der Waals surface area contributed by atoms with Crippen LogP contribution < -0.4 is 10.6 Å². The van der Waals surface area contributed by atoms with Crippen molar-refractivity contribution in [3.63, 3.8) is 0 Å². The summed E-state index contributed by atoms with van der Waals surface area (Å²) in [5.74, 6) is 1.83. The van der Waals surface area contributed by atoms with Gasteiger partial charge in [-0.25, -0.2) is 4.79 Å². The van der Waals surface area contributed by atoms with Gasteiger partial charge >= 0.3 is 5.97 Å². The number of ketones is 1. The van der Waals surface area contributed by atoms with Crippen LogP contribution in [0, 0.1) is 50.7 Å². The number of rotatable bonds is 10. The Morgan fingerprint density at radius 3 is 2.36 bits per heavy atom. The molecule has 8 heteroatoms. The van der Waals surface area contributed by atoms with Gasteiger partial charge in [0, 0.05) is 30.1 Å². The van der Waals surface area contributed by atoms with Gasteiger partial charge in [0.1, 0.15) is 5.78 Å². The third kappa shape index (κ3) is 6.54. The number of hydrogen-bond acceptors (Lipinski definition) is 6. The summed E-state index contributed by atoms with van der Waals surface area (Å²) in [7, 11) is 1.33. The lowest BCUT2D eigenvalue weighted by molar-refractivity contribution is -0.232. The Bertz CT molecular complexity index is 1720. The Balaban J connectivity index is 1.09. The van der Waals surface area contributed by atoms with Crippen LogP contribution in [0.4, 0.5) is 0 Å². The van der Waals surface area contributed by atoms with Crippen molar-refractivity contribution in [2.75, 3.05) is 13.7 Å². The van der Waals surface area contributed by atoms with Crippen molar-refractivity contribution in [2.24, 2.45) is 50.7 Å². The third-order valence-corrected chi connectivity index (χ3v) is 16.0. The van der Waals surface area contributed by atoms with Crippen LogP contribution >= 0.6 is 0 Å². The average molecular weight is 726 g/mol. The molecule has 0 aliphatic heterocycles. The number of Topliss-reactive ketones (excluding diaryl/α,β-unsaturated/α-hetero) is 1. The molecule has 2 aromatic rings. The Hall–Kier alpha value is -3.55. The molecule has 4 aliphatic carbocycles. The van der Waals surface area contributed by atoms with E-state index in [1.54, 1.807) is 18.2 Å². The Morgan fingerprint density at radius 1 is 0.887 bits per heavy atom. The minimum absolute atomic E-state index is 0.163. The molecule has 2 amide bonds. The zero-order chi connectivity index (χ0) is 38.4. The van der Waals surface area contributed by atoms with Crippen LogP contribution in [-0.4, -0.2) is 42.2 Å². The summed E-state index contributed by atoms with van der Waals surface area (Å²) in [6.07, 6.45) is 12.4. The summed E-state index contributed by atoms with van der Waals surface area (Å²) in [6.45, 7) is 17.5. The topological polar surface area (TPSA) is 114 Å². The van der Waals surface area contributed by atoms with Crippen LogP contribution in [0.15, 0.2) is 42.6 Å². The van der Waals surface area contributed by atoms with E-state index in [2.05, 4.69) is 64.1 Å². The quantitative estimate of drug-likeness (QED) is 0.238. The van der Waals surface area contributed by atoms with Crippen molar-refractivity contribution in [2.45, 2.75) is 126 Å². The molecule has 2 N–H and O–H groups in total. The molecule has 1 aromatic heterocycles. The molecule has 1 aromatic carbocycles. The van der Waals surface area contributed by atoms with E-state index < -0.39 is 5.97 Å². The second kappa shape index (κ2) is 14.6. The second-order valence-electron chi connectivity index (χ2n) is 18.4. The number of pyridine rings is 1. The van der Waals surface area contributed by atoms with Crippen molar-refractivity contribution in [3.8, 4) is 0 Å². The summed E-state index contributed by atoms with van der Waals surface area (Å²) in [4.78, 5) is 56.5. The molecule has 0 radical (unpaired) electrons. The first-order valence-electron chi connectivity index (χ1n) is 20.3. The molecule has 0 saturated heterocycles. The molecule has 4 fully saturated rings. The van der Waals surface area contributed by atoms with E-state index in [-0.39, 0.29) is 51.4 Å². The van der Waals surface area contributed by atoms with E-state index in [4.69, 9.17) is 4.74 Å². The second-order valence-corrected chi connectivity index (χ2v) is 18.4. The molecule has 6 rings (SSSR count). The highest BCUT2D eigenvalue weighted by molar-refractivity contribution is 5.94. The lowest BCUT2D eigenvalue weighted by atomic mass is 9.32. The number of carbonyl (C=O) groups excluding carboxylic acids is 4. The predicted molar refractivity (Wildman–Crippen MR) is 207 cm³/mol. The molecule has 53 heavy (non-hydrogen) atoms. The lowest BCUT2D eigenvalue weighted by Crippen LogP contribution is -2.67. The van der Waals surface area contributed by atoms with Gasteiger partial charge in [-0.3, -0.25) is 19.4 Å². The highest BCUT2D eigenvalue weighted by Crippen LogP contribution is 2.75. The first-order valence-corrected chi connectivity index (χ1v) is 20.3. The fourth-order valence-corrected chi connectivity index (χ4v) is 12.8. The van der Waals surface area contributed by atoms with Crippen molar-refractivity contribution < 1.29 is 23.9 Å². The lowest BCUT2D eigenvalue weighted by Gasteiger charge is -2.72. The van der Waals surface area contributed by atoms with Crippen LogP contribution in [0.2, 0.25) is 0 Å². The summed E-state index contributed by atoms with van der Waals surface area (Å²) in [5, 5.41) is 6.30. The normalized spacial score (nSPS) is 34.5. The highest BCUT2D eigenvalue weighted by atomic mass is 16.5. The highest BCUT2D eigenvalue weighted by Gasteiger charge is 2.69. The molecule has 8 atom stereocenters. The van der Waals surface area contributed by atoms with Crippen molar-refractivity contribution in [3.05, 3.63) is 65.0 Å². The Kier molecular flexibility index (Phi) is 10.8. The zero-order valence-electron chi connectivity index (χ0n) is 33.5. The van der Waals surface area contributed by atoms with Gasteiger partial charge in [0.05, 0.1) is 30.3 Å². The Labute approximate surface area is 317 Å². The SMILES string of the molecule is CCCC1(C(=O)NCCc2cccc(C(=O)NCc3ccc(C(=O)OC)cn3)c2)CC[C@]2(C)C(CCC3C4(C)CCC(=O)C(C)(C)C4CCC32C)C1C. The number of amides is 2. The van der Waals surface area contributed by atoms with Gasteiger partial charge < -0.3 is 15.4 Å². The zero-order valence-corrected chi connectivity index (χ0v) is 33.5. The third-order valence-electron chi connectivity index (χ3n) is 16.0. The van der Waals surface area contributed by atoms with E-state index >= 15 is 0 Å². The van der Waals surface area contributed by atoms with Crippen molar-refractivity contribution in [1.29, 1.82) is 0 Å². The van der Waals surface area contributed by atoms with Gasteiger partial charge in [0.25, 0.3) is 5.91 Å². The van der Waals surface area contributed by atoms with E-state index in [1.165, 1.54) is 26.1 Å². The number of ether oxygens (including phenoxy) is 1. The van der Waals surface area contributed by atoms with Crippen LogP contribution in [-0.2, 0) is 27.3 Å². The first kappa shape index (κ1) is 39.2. The number of hydrogen-bond donors (Lipinski definition) is 2. The molecule has 8 nitrogen and oxygen atoms in total. The van der Waals surface area contributed by atoms with Gasteiger partial charge in [0.15, 0.2) is 0 Å². The Morgan fingerprint density at radius 2 is 1.66 bits per heavy atom. The maximum absolute atomic E-state index is 14.4. The molecule has 1 heterocycles. The molecule has 0 bridgehead atoms. The van der Waals surface area contributed by atoms with E-state index in [0.717, 1.165) is 50.5 Å². The number of aromatic nitrogens is 1. The van der Waals surface area contributed by atoms with Crippen LogP contribution in [0.1, 0.15) is 145 Å². The van der Waals surface area contributed by atoms with Gasteiger partial charge in [-0.05, 0) is 128 Å². The fourth-order valence-electron chi connectivity index (χ4n) is 12.8. The minimum atomic E-state index is -0.453. The minimum Gasteiger partial charge on any atom is -0.465 e. The van der Waals surface area contributed by atoms with Crippen LogP contribution in [0.5, 0.6) is 0 Å². The summed E-state index contributed by atoms with van der Waals surface area (Å²) in [6, 6.07) is 10.9. The molecule has 288 valence electrons. The smallest absolute Gasteiger partial charge is 0.339 e. The van der Waals surface area contributed by atoms with Gasteiger partial charge in [0.2, 0.25) is 5.91 Å².